The summed E-state index contributed by atoms with van der Waals surface area (Å²) in [5.74, 6) is 1.98. The van der Waals surface area contributed by atoms with Crippen LogP contribution in [0.2, 0.25) is 0 Å². The predicted molar refractivity (Wildman–Crippen MR) is 70.3 cm³/mol. The number of nitrogens with one attached hydrogen (secondary N) is 1. The highest BCUT2D eigenvalue weighted by molar-refractivity contribution is 5.89. The number of anilines is 2. The molecule has 0 fully saturated rings. The standard InChI is InChI=1S/C12H12N6O/c1-7-15-10(19-18-7)6-14-11-8-4-2-3-5-9(8)16-12(13)17-11/h2-5H,6H2,1H3,(H3,13,14,16,17). The Kier molecular flexibility index (Phi) is 2.71. The summed E-state index contributed by atoms with van der Waals surface area (Å²) >= 11 is 0. The minimum Gasteiger partial charge on any atom is -0.368 e. The summed E-state index contributed by atoms with van der Waals surface area (Å²) in [6.07, 6.45) is 0. The van der Waals surface area contributed by atoms with Crippen LogP contribution in [0.1, 0.15) is 11.7 Å². The van der Waals surface area contributed by atoms with Crippen molar-refractivity contribution in [3.63, 3.8) is 0 Å². The van der Waals surface area contributed by atoms with Crippen molar-refractivity contribution < 1.29 is 4.52 Å². The van der Waals surface area contributed by atoms with Gasteiger partial charge in [-0.05, 0) is 19.1 Å². The third-order valence-electron chi connectivity index (χ3n) is 2.60. The Bertz CT molecular complexity index is 723. The van der Waals surface area contributed by atoms with Crippen LogP contribution < -0.4 is 11.1 Å². The molecule has 7 heteroatoms. The Hall–Kier alpha value is -2.70. The first-order chi connectivity index (χ1) is 9.22. The molecule has 3 aromatic rings. The summed E-state index contributed by atoms with van der Waals surface area (Å²) < 4.78 is 5.03. The molecule has 0 aliphatic carbocycles. The van der Waals surface area contributed by atoms with Gasteiger partial charge in [0.2, 0.25) is 11.8 Å². The van der Waals surface area contributed by atoms with Crippen molar-refractivity contribution in [2.45, 2.75) is 13.5 Å². The summed E-state index contributed by atoms with van der Waals surface area (Å²) in [5, 5.41) is 7.75. The first-order valence-corrected chi connectivity index (χ1v) is 5.78. The van der Waals surface area contributed by atoms with E-state index in [9.17, 15) is 0 Å². The van der Waals surface area contributed by atoms with Crippen LogP contribution in [0.25, 0.3) is 10.9 Å². The molecule has 3 N–H and O–H groups in total. The number of rotatable bonds is 3. The number of fused-ring (bicyclic) bond motifs is 1. The molecule has 96 valence electrons. The molecule has 2 aromatic heterocycles. The molecular formula is C12H12N6O. The van der Waals surface area contributed by atoms with E-state index < -0.39 is 0 Å². The zero-order valence-electron chi connectivity index (χ0n) is 10.3. The Balaban J connectivity index is 1.91. The van der Waals surface area contributed by atoms with Crippen LogP contribution in [-0.2, 0) is 6.54 Å². The molecule has 0 aliphatic rings. The van der Waals surface area contributed by atoms with Crippen molar-refractivity contribution in [3.8, 4) is 0 Å². The zero-order valence-corrected chi connectivity index (χ0v) is 10.3. The molecule has 7 nitrogen and oxygen atoms in total. The first kappa shape index (κ1) is 11.4. The van der Waals surface area contributed by atoms with E-state index in [1.807, 2.05) is 24.3 Å². The van der Waals surface area contributed by atoms with Gasteiger partial charge in [-0.15, -0.1) is 0 Å². The summed E-state index contributed by atoms with van der Waals surface area (Å²) in [4.78, 5) is 12.5. The van der Waals surface area contributed by atoms with E-state index in [2.05, 4.69) is 25.4 Å². The quantitative estimate of drug-likeness (QED) is 0.732. The third kappa shape index (κ3) is 2.30. The number of hydrogen-bond donors (Lipinski definition) is 2. The van der Waals surface area contributed by atoms with Gasteiger partial charge in [0, 0.05) is 5.39 Å². The number of hydrogen-bond acceptors (Lipinski definition) is 7. The second-order valence-electron chi connectivity index (χ2n) is 4.04. The van der Waals surface area contributed by atoms with Crippen LogP contribution in [0, 0.1) is 6.92 Å². The molecule has 19 heavy (non-hydrogen) atoms. The van der Waals surface area contributed by atoms with Gasteiger partial charge in [-0.3, -0.25) is 0 Å². The summed E-state index contributed by atoms with van der Waals surface area (Å²) in [6.45, 7) is 2.16. The van der Waals surface area contributed by atoms with E-state index in [-0.39, 0.29) is 5.95 Å². The Morgan fingerprint density at radius 1 is 1.21 bits per heavy atom. The highest BCUT2D eigenvalue weighted by Gasteiger charge is 2.07. The molecule has 0 amide bonds. The Morgan fingerprint density at radius 2 is 2.05 bits per heavy atom. The minimum absolute atomic E-state index is 0.225. The van der Waals surface area contributed by atoms with Crippen LogP contribution in [0.5, 0.6) is 0 Å². The lowest BCUT2D eigenvalue weighted by Crippen LogP contribution is -2.05. The molecule has 0 atom stereocenters. The van der Waals surface area contributed by atoms with Gasteiger partial charge in [0.05, 0.1) is 12.1 Å². The van der Waals surface area contributed by atoms with Gasteiger partial charge in [-0.2, -0.15) is 9.97 Å². The molecule has 0 unspecified atom stereocenters. The molecule has 0 saturated carbocycles. The number of benzene rings is 1. The van der Waals surface area contributed by atoms with E-state index >= 15 is 0 Å². The highest BCUT2D eigenvalue weighted by Crippen LogP contribution is 2.21. The third-order valence-corrected chi connectivity index (χ3v) is 2.60. The number of para-hydroxylation sites is 1. The number of nitrogens with zero attached hydrogens (tertiary/aromatic N) is 4. The maximum absolute atomic E-state index is 5.68. The van der Waals surface area contributed by atoms with Crippen molar-refractivity contribution in [2.24, 2.45) is 0 Å². The van der Waals surface area contributed by atoms with E-state index in [4.69, 9.17) is 10.3 Å². The second kappa shape index (κ2) is 4.52. The van der Waals surface area contributed by atoms with Gasteiger partial charge in [0.1, 0.15) is 5.82 Å². The Labute approximate surface area is 108 Å². The number of nitrogens with two attached hydrogens (primary N) is 1. The van der Waals surface area contributed by atoms with E-state index in [1.165, 1.54) is 0 Å². The number of aryl methyl sites for hydroxylation is 1. The molecule has 0 aliphatic heterocycles. The molecule has 3 rings (SSSR count). The number of aromatic nitrogens is 4. The van der Waals surface area contributed by atoms with E-state index in [0.29, 0.717) is 24.1 Å². The highest BCUT2D eigenvalue weighted by atomic mass is 16.5. The predicted octanol–water partition coefficient (Wildman–Crippen LogP) is 1.52. The van der Waals surface area contributed by atoms with Gasteiger partial charge < -0.3 is 15.6 Å². The zero-order chi connectivity index (χ0) is 13.2. The fraction of sp³-hybridized carbons (Fsp3) is 0.167. The lowest BCUT2D eigenvalue weighted by molar-refractivity contribution is 0.379. The van der Waals surface area contributed by atoms with Crippen molar-refractivity contribution in [1.29, 1.82) is 0 Å². The topological polar surface area (TPSA) is 103 Å². The molecule has 0 radical (unpaired) electrons. The molecular weight excluding hydrogens is 244 g/mol. The maximum Gasteiger partial charge on any atom is 0.245 e. The monoisotopic (exact) mass is 256 g/mol. The second-order valence-corrected chi connectivity index (χ2v) is 4.04. The van der Waals surface area contributed by atoms with E-state index in [1.54, 1.807) is 6.92 Å². The smallest absolute Gasteiger partial charge is 0.245 e. The lowest BCUT2D eigenvalue weighted by Gasteiger charge is -2.07. The van der Waals surface area contributed by atoms with Crippen LogP contribution in [0.4, 0.5) is 11.8 Å². The van der Waals surface area contributed by atoms with Gasteiger partial charge in [0.15, 0.2) is 5.82 Å². The summed E-state index contributed by atoms with van der Waals surface area (Å²) in [5.41, 5.74) is 6.48. The lowest BCUT2D eigenvalue weighted by atomic mass is 10.2. The van der Waals surface area contributed by atoms with Gasteiger partial charge in [0.25, 0.3) is 0 Å². The van der Waals surface area contributed by atoms with Crippen molar-refractivity contribution in [1.82, 2.24) is 20.1 Å². The largest absolute Gasteiger partial charge is 0.368 e. The van der Waals surface area contributed by atoms with Crippen LogP contribution in [-0.4, -0.2) is 20.1 Å². The van der Waals surface area contributed by atoms with Crippen molar-refractivity contribution in [2.75, 3.05) is 11.1 Å². The van der Waals surface area contributed by atoms with E-state index in [0.717, 1.165) is 10.9 Å². The molecule has 0 saturated heterocycles. The van der Waals surface area contributed by atoms with Crippen molar-refractivity contribution >= 4 is 22.7 Å². The van der Waals surface area contributed by atoms with Gasteiger partial charge in [-0.1, -0.05) is 17.3 Å². The maximum atomic E-state index is 5.68. The SMILES string of the molecule is Cc1noc(CNc2nc(N)nc3ccccc23)n1. The summed E-state index contributed by atoms with van der Waals surface area (Å²) in [7, 11) is 0. The van der Waals surface area contributed by atoms with Crippen LogP contribution in [0.15, 0.2) is 28.8 Å². The average molecular weight is 256 g/mol. The average Bonchev–Trinajstić information content (AvgIpc) is 2.81. The van der Waals surface area contributed by atoms with Gasteiger partial charge in [-0.25, -0.2) is 4.98 Å². The number of nitrogen functional groups attached to an aromatic ring is 1. The normalized spacial score (nSPS) is 10.8. The molecule has 2 heterocycles. The van der Waals surface area contributed by atoms with Crippen LogP contribution in [0.3, 0.4) is 0 Å². The van der Waals surface area contributed by atoms with Gasteiger partial charge >= 0.3 is 0 Å². The molecule has 0 bridgehead atoms. The van der Waals surface area contributed by atoms with Crippen molar-refractivity contribution in [3.05, 3.63) is 36.0 Å². The Morgan fingerprint density at radius 3 is 2.84 bits per heavy atom. The fourth-order valence-corrected chi connectivity index (χ4v) is 1.80. The molecule has 0 spiro atoms. The van der Waals surface area contributed by atoms with Crippen LogP contribution >= 0.6 is 0 Å². The fourth-order valence-electron chi connectivity index (χ4n) is 1.80. The minimum atomic E-state index is 0.225. The molecule has 1 aromatic carbocycles. The summed E-state index contributed by atoms with van der Waals surface area (Å²) in [6, 6.07) is 7.63. The first-order valence-electron chi connectivity index (χ1n) is 5.78.